The first-order valence-electron chi connectivity index (χ1n) is 2.68. The highest BCUT2D eigenvalue weighted by molar-refractivity contribution is 6.48. The minimum atomic E-state index is -4.16. The summed E-state index contributed by atoms with van der Waals surface area (Å²) in [6.45, 7) is 3.13. The van der Waals surface area contributed by atoms with E-state index < -0.39 is 9.05 Å². The number of carbonyl (C=O) groups is 1. The first-order valence-corrected chi connectivity index (χ1v) is 4.43. The van der Waals surface area contributed by atoms with Gasteiger partial charge in [-0.2, -0.15) is 0 Å². The maximum absolute atomic E-state index is 8.81. The Kier molecular flexibility index (Phi) is 8.49. The normalized spacial score (nSPS) is 9.70. The molecule has 0 aromatic rings. The first kappa shape index (κ1) is 12.4. The van der Waals surface area contributed by atoms with Crippen LogP contribution >= 0.6 is 0 Å². The average molecular weight is 168 g/mol. The second kappa shape index (κ2) is 6.84. The van der Waals surface area contributed by atoms with Gasteiger partial charge in [0.1, 0.15) is 6.29 Å². The fourth-order valence-electron chi connectivity index (χ4n) is 0.194. The van der Waals surface area contributed by atoms with Gasteiger partial charge in [-0.25, -0.2) is 0 Å². The molecule has 3 N–H and O–H groups in total. The zero-order valence-electron chi connectivity index (χ0n) is 5.94. The van der Waals surface area contributed by atoms with Gasteiger partial charge in [-0.05, 0) is 13.8 Å². The van der Waals surface area contributed by atoms with Crippen LogP contribution in [0.5, 0.6) is 0 Å². The number of hydrogen-bond acceptors (Lipinski definition) is 5. The van der Waals surface area contributed by atoms with Crippen molar-refractivity contribution in [2.45, 2.75) is 13.8 Å². The van der Waals surface area contributed by atoms with Crippen LogP contribution in [0.15, 0.2) is 0 Å². The molecule has 0 aliphatic heterocycles. The van der Waals surface area contributed by atoms with Crippen LogP contribution in [0.4, 0.5) is 0 Å². The molecule has 0 atom stereocenters. The Hall–Kier alpha value is -0.273. The third-order valence-corrected chi connectivity index (χ3v) is 1.01. The molecule has 0 unspecified atom stereocenters. The van der Waals surface area contributed by atoms with E-state index in [4.69, 9.17) is 19.2 Å². The van der Waals surface area contributed by atoms with E-state index in [1.54, 1.807) is 6.92 Å². The van der Waals surface area contributed by atoms with Crippen molar-refractivity contribution >= 4 is 15.3 Å². The van der Waals surface area contributed by atoms with Crippen LogP contribution in [-0.2, 0) is 9.22 Å². The fraction of sp³-hybridized carbons (Fsp3) is 0.750. The second-order valence-corrected chi connectivity index (χ2v) is 2.68. The number of hydrogen-bond donors (Lipinski definition) is 3. The lowest BCUT2D eigenvalue weighted by Gasteiger charge is -2.05. The largest absolute Gasteiger partial charge is 0.671 e. The van der Waals surface area contributed by atoms with E-state index in [0.717, 1.165) is 6.29 Å². The molecule has 0 aromatic heterocycles. The van der Waals surface area contributed by atoms with Gasteiger partial charge in [0.2, 0.25) is 0 Å². The highest BCUT2D eigenvalue weighted by Gasteiger charge is 2.28. The lowest BCUT2D eigenvalue weighted by atomic mass is 10.9. The summed E-state index contributed by atoms with van der Waals surface area (Å²) >= 11 is 0. The van der Waals surface area contributed by atoms with E-state index in [1.807, 2.05) is 0 Å². The fourth-order valence-corrected chi connectivity index (χ4v) is 0.581. The van der Waals surface area contributed by atoms with Crippen LogP contribution in [-0.4, -0.2) is 36.3 Å². The molecular weight excluding hydrogens is 156 g/mol. The van der Waals surface area contributed by atoms with Gasteiger partial charge in [0, 0.05) is 6.61 Å². The van der Waals surface area contributed by atoms with Crippen molar-refractivity contribution in [2.24, 2.45) is 0 Å². The van der Waals surface area contributed by atoms with Crippen molar-refractivity contribution < 1.29 is 23.6 Å². The summed E-state index contributed by atoms with van der Waals surface area (Å²) in [5, 5.41) is 0. The van der Waals surface area contributed by atoms with Crippen molar-refractivity contribution in [1.82, 2.24) is 0 Å². The van der Waals surface area contributed by atoms with Gasteiger partial charge < -0.3 is 23.6 Å². The van der Waals surface area contributed by atoms with E-state index in [9.17, 15) is 0 Å². The van der Waals surface area contributed by atoms with Crippen molar-refractivity contribution in [1.29, 1.82) is 0 Å². The monoisotopic (exact) mass is 168 g/mol. The number of rotatable bonds is 2. The molecule has 0 saturated carbocycles. The van der Waals surface area contributed by atoms with Crippen molar-refractivity contribution in [3.63, 3.8) is 0 Å². The van der Waals surface area contributed by atoms with Crippen LogP contribution in [0.2, 0.25) is 0 Å². The molecular formula is C4H12O5Si. The van der Waals surface area contributed by atoms with Crippen LogP contribution < -0.4 is 0 Å². The summed E-state index contributed by atoms with van der Waals surface area (Å²) in [6.07, 6.45) is 0.750. The Morgan fingerprint density at radius 1 is 1.50 bits per heavy atom. The molecule has 0 aliphatic carbocycles. The molecule has 10 heavy (non-hydrogen) atoms. The Morgan fingerprint density at radius 3 is 1.80 bits per heavy atom. The molecule has 0 bridgehead atoms. The quantitative estimate of drug-likeness (QED) is 0.350. The van der Waals surface area contributed by atoms with Gasteiger partial charge in [0.05, 0.1) is 0 Å². The lowest BCUT2D eigenvalue weighted by Crippen LogP contribution is -2.38. The Bertz CT molecular complexity index is 78.2. The van der Waals surface area contributed by atoms with Gasteiger partial charge in [-0.1, -0.05) is 0 Å². The van der Waals surface area contributed by atoms with E-state index in [-0.39, 0.29) is 6.61 Å². The molecule has 0 aromatic carbocycles. The highest BCUT2D eigenvalue weighted by atomic mass is 28.4. The summed E-state index contributed by atoms with van der Waals surface area (Å²) in [5.74, 6) is 0. The van der Waals surface area contributed by atoms with Crippen molar-refractivity contribution in [2.75, 3.05) is 6.61 Å². The van der Waals surface area contributed by atoms with Gasteiger partial charge in [0.25, 0.3) is 0 Å². The summed E-state index contributed by atoms with van der Waals surface area (Å²) in [6, 6.07) is 0. The van der Waals surface area contributed by atoms with Crippen molar-refractivity contribution in [3.8, 4) is 0 Å². The number of carbonyl (C=O) groups excluding carboxylic acids is 1. The molecule has 62 valence electrons. The minimum absolute atomic E-state index is 0.121. The topological polar surface area (TPSA) is 87.0 Å². The Balaban J connectivity index is 0. The summed E-state index contributed by atoms with van der Waals surface area (Å²) < 4.78 is 4.03. The standard InChI is InChI=1S/C2H8O4Si.C2H4O/c1-2-6-7(3,4)5;1-2-3/h3-5H,2H2,1H3;2H,1H3. The van der Waals surface area contributed by atoms with Crippen molar-refractivity contribution in [3.05, 3.63) is 0 Å². The Labute approximate surface area is 60.4 Å². The smallest absolute Gasteiger partial charge is 0.368 e. The maximum Gasteiger partial charge on any atom is 0.671 e. The van der Waals surface area contributed by atoms with Gasteiger partial charge >= 0.3 is 9.05 Å². The average Bonchev–Trinajstić information content (AvgIpc) is 1.63. The molecule has 6 heteroatoms. The molecule has 0 rings (SSSR count). The summed E-state index contributed by atoms with van der Waals surface area (Å²) in [5.41, 5.74) is 0. The predicted octanol–water partition coefficient (Wildman–Crippen LogP) is -1.36. The predicted molar refractivity (Wildman–Crippen MR) is 35.8 cm³/mol. The molecule has 0 fully saturated rings. The third kappa shape index (κ3) is 25.2. The summed E-state index contributed by atoms with van der Waals surface area (Å²) in [4.78, 5) is 32.9. The van der Waals surface area contributed by atoms with Gasteiger partial charge in [0.15, 0.2) is 0 Å². The number of aldehydes is 1. The van der Waals surface area contributed by atoms with Gasteiger partial charge in [-0.3, -0.25) is 0 Å². The second-order valence-electron chi connectivity index (χ2n) is 1.24. The van der Waals surface area contributed by atoms with E-state index in [1.165, 1.54) is 6.92 Å². The van der Waals surface area contributed by atoms with Gasteiger partial charge in [-0.15, -0.1) is 0 Å². The zero-order chi connectivity index (χ0) is 8.62. The molecule has 0 aliphatic rings. The zero-order valence-corrected chi connectivity index (χ0v) is 6.94. The highest BCUT2D eigenvalue weighted by Crippen LogP contribution is 1.85. The molecule has 0 spiro atoms. The molecule has 0 amide bonds. The van der Waals surface area contributed by atoms with Crippen LogP contribution in [0, 0.1) is 0 Å². The Morgan fingerprint density at radius 2 is 1.80 bits per heavy atom. The first-order chi connectivity index (χ1) is 4.47. The van der Waals surface area contributed by atoms with E-state index >= 15 is 0 Å². The third-order valence-electron chi connectivity index (χ3n) is 0.338. The van der Waals surface area contributed by atoms with Crippen LogP contribution in [0.1, 0.15) is 13.8 Å². The van der Waals surface area contributed by atoms with Crippen LogP contribution in [0.3, 0.4) is 0 Å². The maximum atomic E-state index is 8.81. The van der Waals surface area contributed by atoms with E-state index in [2.05, 4.69) is 4.43 Å². The lowest BCUT2D eigenvalue weighted by molar-refractivity contribution is -0.106. The van der Waals surface area contributed by atoms with E-state index in [0.29, 0.717) is 0 Å². The summed E-state index contributed by atoms with van der Waals surface area (Å²) in [7, 11) is -4.16. The molecule has 0 saturated heterocycles. The SMILES string of the molecule is CC=O.CCO[Si](O)(O)O. The molecule has 0 radical (unpaired) electrons. The molecule has 5 nitrogen and oxygen atoms in total. The molecule has 0 heterocycles. The van der Waals surface area contributed by atoms with Crippen LogP contribution in [0.25, 0.3) is 0 Å². The minimum Gasteiger partial charge on any atom is -0.368 e.